The van der Waals surface area contributed by atoms with E-state index < -0.39 is 5.91 Å². The van der Waals surface area contributed by atoms with Crippen molar-refractivity contribution in [3.8, 4) is 17.2 Å². The fourth-order valence-electron chi connectivity index (χ4n) is 3.90. The van der Waals surface area contributed by atoms with Gasteiger partial charge in [-0.15, -0.1) is 0 Å². The van der Waals surface area contributed by atoms with Crippen LogP contribution >= 0.6 is 0 Å². The Kier molecular flexibility index (Phi) is 8.51. The normalized spacial score (nSPS) is 13.8. The predicted octanol–water partition coefficient (Wildman–Crippen LogP) is 2.18. The molecule has 1 aliphatic heterocycles. The number of benzene rings is 2. The molecule has 1 saturated heterocycles. The first-order valence-corrected chi connectivity index (χ1v) is 11.2. The minimum atomic E-state index is -0.660. The molecule has 2 aromatic carbocycles. The Morgan fingerprint density at radius 1 is 1.09 bits per heavy atom. The molecule has 1 heterocycles. The van der Waals surface area contributed by atoms with Crippen molar-refractivity contribution in [1.29, 1.82) is 0 Å². The summed E-state index contributed by atoms with van der Waals surface area (Å²) in [7, 11) is 2.82. The number of carbonyl (C=O) groups is 3. The molecule has 0 spiro atoms. The lowest BCUT2D eigenvalue weighted by Gasteiger charge is -2.31. The molecule has 2 aromatic rings. The van der Waals surface area contributed by atoms with Gasteiger partial charge in [0.15, 0.2) is 18.1 Å². The van der Waals surface area contributed by atoms with Crippen molar-refractivity contribution in [2.75, 3.05) is 33.9 Å². The molecule has 3 N–H and O–H groups in total. The highest BCUT2D eigenvalue weighted by Gasteiger charge is 2.29. The lowest BCUT2D eigenvalue weighted by atomic mass is 9.95. The quantitative estimate of drug-likeness (QED) is 0.560. The van der Waals surface area contributed by atoms with E-state index >= 15 is 0 Å². The molecule has 3 rings (SSSR count). The van der Waals surface area contributed by atoms with Crippen LogP contribution in [0, 0.1) is 18.7 Å². The number of hydrogen-bond donors (Lipinski definition) is 2. The standard InChI is InChI=1S/C25H30FN3O6/c1-15-4-5-16(10-19(15)26)13-28-24(31)17-6-8-29(9-7-17)25(32)18-11-20(33-2)23(21(12-18)34-3)35-14-22(27)30/h4-5,10-12,17H,6-9,13-14H2,1-3H3,(H2,27,30)(H,28,31). The number of hydrogen-bond acceptors (Lipinski definition) is 6. The van der Waals surface area contributed by atoms with Crippen molar-refractivity contribution < 1.29 is 33.0 Å². The summed E-state index contributed by atoms with van der Waals surface area (Å²) < 4.78 is 29.7. The van der Waals surface area contributed by atoms with Crippen LogP contribution in [0.15, 0.2) is 30.3 Å². The number of halogens is 1. The van der Waals surface area contributed by atoms with Gasteiger partial charge in [0.05, 0.1) is 14.2 Å². The molecule has 1 aliphatic rings. The van der Waals surface area contributed by atoms with Gasteiger partial charge in [0.2, 0.25) is 11.7 Å². The largest absolute Gasteiger partial charge is 0.493 e. The molecule has 3 amide bonds. The second kappa shape index (κ2) is 11.5. The molecule has 0 aliphatic carbocycles. The van der Waals surface area contributed by atoms with Crippen molar-refractivity contribution in [1.82, 2.24) is 10.2 Å². The monoisotopic (exact) mass is 487 g/mol. The summed E-state index contributed by atoms with van der Waals surface area (Å²) in [4.78, 5) is 38.5. The summed E-state index contributed by atoms with van der Waals surface area (Å²) in [6, 6.07) is 7.92. The third kappa shape index (κ3) is 6.40. The summed E-state index contributed by atoms with van der Waals surface area (Å²) in [6.07, 6.45) is 1.02. The second-order valence-corrected chi connectivity index (χ2v) is 8.33. The number of nitrogens with one attached hydrogen (secondary N) is 1. The summed E-state index contributed by atoms with van der Waals surface area (Å²) in [5.41, 5.74) is 6.72. The van der Waals surface area contributed by atoms with Crippen LogP contribution in [0.5, 0.6) is 17.2 Å². The third-order valence-electron chi connectivity index (χ3n) is 5.92. The lowest BCUT2D eigenvalue weighted by molar-refractivity contribution is -0.126. The van der Waals surface area contributed by atoms with Crippen molar-refractivity contribution >= 4 is 17.7 Å². The minimum Gasteiger partial charge on any atom is -0.493 e. The van der Waals surface area contributed by atoms with E-state index in [2.05, 4.69) is 5.32 Å². The molecule has 10 heteroatoms. The fraction of sp³-hybridized carbons (Fsp3) is 0.400. The number of likely N-dealkylation sites (tertiary alicyclic amines) is 1. The molecule has 0 saturated carbocycles. The average Bonchev–Trinajstić information content (AvgIpc) is 2.86. The van der Waals surface area contributed by atoms with Gasteiger partial charge in [0, 0.05) is 31.1 Å². The summed E-state index contributed by atoms with van der Waals surface area (Å²) in [5.74, 6) is -0.908. The van der Waals surface area contributed by atoms with Crippen LogP contribution in [0.1, 0.15) is 34.3 Å². The fourth-order valence-corrected chi connectivity index (χ4v) is 3.90. The maximum atomic E-state index is 13.7. The molecule has 1 fully saturated rings. The van der Waals surface area contributed by atoms with Crippen LogP contribution in [-0.2, 0) is 16.1 Å². The van der Waals surface area contributed by atoms with Gasteiger partial charge in [-0.1, -0.05) is 12.1 Å². The number of carbonyl (C=O) groups excluding carboxylic acids is 3. The number of aryl methyl sites for hydroxylation is 1. The summed E-state index contributed by atoms with van der Waals surface area (Å²) in [6.45, 7) is 2.37. The number of rotatable bonds is 9. The lowest BCUT2D eigenvalue weighted by Crippen LogP contribution is -2.43. The summed E-state index contributed by atoms with van der Waals surface area (Å²) >= 11 is 0. The molecular weight excluding hydrogens is 457 g/mol. The number of methoxy groups -OCH3 is 2. The van der Waals surface area contributed by atoms with E-state index in [1.54, 1.807) is 24.0 Å². The zero-order valence-corrected chi connectivity index (χ0v) is 20.1. The maximum absolute atomic E-state index is 13.7. The minimum absolute atomic E-state index is 0.114. The molecule has 0 unspecified atom stereocenters. The van der Waals surface area contributed by atoms with Crippen LogP contribution in [0.2, 0.25) is 0 Å². The smallest absolute Gasteiger partial charge is 0.255 e. The molecule has 0 aromatic heterocycles. The van der Waals surface area contributed by atoms with Gasteiger partial charge in [0.25, 0.3) is 11.8 Å². The Bertz CT molecular complexity index is 1070. The molecule has 9 nitrogen and oxygen atoms in total. The van der Waals surface area contributed by atoms with Crippen LogP contribution in [0.4, 0.5) is 4.39 Å². The molecule has 0 radical (unpaired) electrons. The van der Waals surface area contributed by atoms with Gasteiger partial charge in [0.1, 0.15) is 5.82 Å². The Morgan fingerprint density at radius 2 is 1.71 bits per heavy atom. The van der Waals surface area contributed by atoms with E-state index in [4.69, 9.17) is 19.9 Å². The Morgan fingerprint density at radius 3 is 2.26 bits per heavy atom. The van der Waals surface area contributed by atoms with Crippen LogP contribution in [0.3, 0.4) is 0 Å². The van der Waals surface area contributed by atoms with Gasteiger partial charge in [-0.05, 0) is 49.1 Å². The number of primary amides is 1. The van der Waals surface area contributed by atoms with Gasteiger partial charge in [-0.2, -0.15) is 0 Å². The SMILES string of the molecule is COc1cc(C(=O)N2CCC(C(=O)NCc3ccc(C)c(F)c3)CC2)cc(OC)c1OCC(N)=O. The predicted molar refractivity (Wildman–Crippen MR) is 126 cm³/mol. The number of piperidine rings is 1. The molecule has 35 heavy (non-hydrogen) atoms. The maximum Gasteiger partial charge on any atom is 0.255 e. The molecular formula is C25H30FN3O6. The number of ether oxygens (including phenoxy) is 3. The van der Waals surface area contributed by atoms with Crippen molar-refractivity contribution in [2.24, 2.45) is 11.7 Å². The number of nitrogens with zero attached hydrogens (tertiary/aromatic N) is 1. The highest BCUT2D eigenvalue weighted by Crippen LogP contribution is 2.39. The first-order valence-electron chi connectivity index (χ1n) is 11.2. The van der Waals surface area contributed by atoms with E-state index in [1.807, 2.05) is 0 Å². The van der Waals surface area contributed by atoms with Crippen LogP contribution in [-0.4, -0.2) is 56.5 Å². The van der Waals surface area contributed by atoms with E-state index in [1.165, 1.54) is 32.4 Å². The third-order valence-corrected chi connectivity index (χ3v) is 5.92. The average molecular weight is 488 g/mol. The van der Waals surface area contributed by atoms with Crippen molar-refractivity contribution in [3.05, 3.63) is 52.8 Å². The van der Waals surface area contributed by atoms with Crippen molar-refractivity contribution in [3.63, 3.8) is 0 Å². The topological polar surface area (TPSA) is 120 Å². The zero-order valence-electron chi connectivity index (χ0n) is 20.1. The van der Waals surface area contributed by atoms with Crippen LogP contribution in [0.25, 0.3) is 0 Å². The van der Waals surface area contributed by atoms with Crippen molar-refractivity contribution in [2.45, 2.75) is 26.3 Å². The Hall–Kier alpha value is -3.82. The molecule has 0 bridgehead atoms. The van der Waals surface area contributed by atoms with E-state index in [0.29, 0.717) is 42.6 Å². The Balaban J connectivity index is 1.60. The van der Waals surface area contributed by atoms with Gasteiger partial charge in [-0.25, -0.2) is 4.39 Å². The zero-order chi connectivity index (χ0) is 25.5. The van der Waals surface area contributed by atoms with Crippen LogP contribution < -0.4 is 25.3 Å². The molecule has 188 valence electrons. The number of nitrogens with two attached hydrogens (primary N) is 1. The first kappa shape index (κ1) is 25.8. The summed E-state index contributed by atoms with van der Waals surface area (Å²) in [5, 5.41) is 2.86. The molecule has 0 atom stereocenters. The highest BCUT2D eigenvalue weighted by atomic mass is 19.1. The number of amides is 3. The van der Waals surface area contributed by atoms with Gasteiger partial charge in [-0.3, -0.25) is 14.4 Å². The second-order valence-electron chi connectivity index (χ2n) is 8.33. The van der Waals surface area contributed by atoms with E-state index in [9.17, 15) is 18.8 Å². The van der Waals surface area contributed by atoms with Gasteiger partial charge < -0.3 is 30.2 Å². The van der Waals surface area contributed by atoms with E-state index in [-0.39, 0.29) is 53.9 Å². The first-order chi connectivity index (χ1) is 16.7. The Labute approximate surface area is 203 Å². The highest BCUT2D eigenvalue weighted by molar-refractivity contribution is 5.96. The van der Waals surface area contributed by atoms with E-state index in [0.717, 1.165) is 0 Å². The van der Waals surface area contributed by atoms with Gasteiger partial charge >= 0.3 is 0 Å².